The van der Waals surface area contributed by atoms with Gasteiger partial charge < -0.3 is 19.5 Å². The number of pyridine rings is 1. The Kier molecular flexibility index (Phi) is 11.3. The quantitative estimate of drug-likeness (QED) is 0.143. The fourth-order valence-electron chi connectivity index (χ4n) is 6.21. The summed E-state index contributed by atoms with van der Waals surface area (Å²) in [5.41, 5.74) is 6.63. The van der Waals surface area contributed by atoms with Gasteiger partial charge in [0.25, 0.3) is 0 Å². The first-order chi connectivity index (χ1) is 23.8. The molecule has 1 aliphatic rings. The van der Waals surface area contributed by atoms with Crippen molar-refractivity contribution in [3.63, 3.8) is 0 Å². The Bertz CT molecular complexity index is 1890. The van der Waals surface area contributed by atoms with Gasteiger partial charge in [-0.3, -0.25) is 4.98 Å². The summed E-state index contributed by atoms with van der Waals surface area (Å²) in [6.45, 7) is 3.90. The molecule has 254 valence electrons. The van der Waals surface area contributed by atoms with Gasteiger partial charge in [0.2, 0.25) is 10.0 Å². The Balaban J connectivity index is 1.20. The van der Waals surface area contributed by atoms with Gasteiger partial charge >= 0.3 is 0 Å². The Morgan fingerprint density at radius 1 is 0.816 bits per heavy atom. The highest BCUT2D eigenvalue weighted by atomic mass is 32.2. The van der Waals surface area contributed by atoms with Gasteiger partial charge in [-0.15, -0.1) is 0 Å². The Morgan fingerprint density at radius 3 is 2.22 bits per heavy atom. The van der Waals surface area contributed by atoms with Crippen molar-refractivity contribution in [2.75, 3.05) is 20.1 Å². The van der Waals surface area contributed by atoms with Crippen LogP contribution in [0.4, 0.5) is 0 Å². The van der Waals surface area contributed by atoms with Gasteiger partial charge in [0.1, 0.15) is 0 Å². The van der Waals surface area contributed by atoms with Crippen LogP contribution in [0.5, 0.6) is 0 Å². The van der Waals surface area contributed by atoms with Crippen molar-refractivity contribution in [3.05, 3.63) is 155 Å². The Labute approximate surface area is 289 Å². The van der Waals surface area contributed by atoms with Crippen molar-refractivity contribution >= 4 is 10.0 Å². The number of aliphatic hydroxyl groups excluding tert-OH is 1. The average molecular weight is 678 g/mol. The van der Waals surface area contributed by atoms with Crippen LogP contribution in [-0.2, 0) is 39.1 Å². The maximum Gasteiger partial charge on any atom is 0.240 e. The van der Waals surface area contributed by atoms with Crippen molar-refractivity contribution < 1.29 is 23.0 Å². The van der Waals surface area contributed by atoms with Gasteiger partial charge in [0.05, 0.1) is 23.7 Å². The van der Waals surface area contributed by atoms with E-state index in [4.69, 9.17) is 9.47 Å². The summed E-state index contributed by atoms with van der Waals surface area (Å²) in [6, 6.07) is 38.2. The van der Waals surface area contributed by atoms with Crippen LogP contribution in [0.2, 0.25) is 0 Å². The zero-order valence-electron chi connectivity index (χ0n) is 27.9. The largest absolute Gasteiger partial charge is 0.392 e. The fraction of sp³-hybridized carbons (Fsp3) is 0.275. The number of hydrogen-bond donors (Lipinski definition) is 2. The molecule has 2 N–H and O–H groups in total. The van der Waals surface area contributed by atoms with Crippen LogP contribution in [0.25, 0.3) is 11.1 Å². The van der Waals surface area contributed by atoms with Crippen molar-refractivity contribution in [1.82, 2.24) is 14.6 Å². The normalized spacial score (nSPS) is 19.6. The molecule has 4 aromatic carbocycles. The van der Waals surface area contributed by atoms with Gasteiger partial charge in [-0.25, -0.2) is 13.1 Å². The zero-order valence-corrected chi connectivity index (χ0v) is 28.7. The summed E-state index contributed by atoms with van der Waals surface area (Å²) < 4.78 is 41.9. The molecule has 0 unspecified atom stereocenters. The molecular formula is C40H43N3O5S. The van der Waals surface area contributed by atoms with E-state index in [0.717, 1.165) is 58.6 Å². The number of ether oxygens (including phenoxy) is 2. The molecule has 0 amide bonds. The Hall–Kier alpha value is -4.22. The highest BCUT2D eigenvalue weighted by Gasteiger charge is 2.38. The zero-order chi connectivity index (χ0) is 34.2. The summed E-state index contributed by atoms with van der Waals surface area (Å²) in [6.07, 6.45) is 1.77. The van der Waals surface area contributed by atoms with Crippen LogP contribution < -0.4 is 4.72 Å². The number of aliphatic hydroxyl groups is 1. The molecular weight excluding hydrogens is 635 g/mol. The minimum absolute atomic E-state index is 0.00877. The minimum atomic E-state index is -3.65. The smallest absolute Gasteiger partial charge is 0.240 e. The number of sulfonamides is 1. The van der Waals surface area contributed by atoms with Crippen molar-refractivity contribution in [1.29, 1.82) is 0 Å². The van der Waals surface area contributed by atoms with Crippen molar-refractivity contribution in [2.45, 2.75) is 49.9 Å². The summed E-state index contributed by atoms with van der Waals surface area (Å²) >= 11 is 0. The molecule has 6 rings (SSSR count). The molecule has 1 fully saturated rings. The van der Waals surface area contributed by atoms with Crippen LogP contribution in [0.3, 0.4) is 0 Å². The first-order valence-corrected chi connectivity index (χ1v) is 18.1. The lowest BCUT2D eigenvalue weighted by Gasteiger charge is -2.42. The van der Waals surface area contributed by atoms with E-state index in [2.05, 4.69) is 34.6 Å². The summed E-state index contributed by atoms with van der Waals surface area (Å²) in [7, 11) is -1.54. The van der Waals surface area contributed by atoms with Gasteiger partial charge in [0, 0.05) is 49.4 Å². The van der Waals surface area contributed by atoms with Gasteiger partial charge in [0.15, 0.2) is 6.29 Å². The second kappa shape index (κ2) is 16.0. The number of nitrogens with zero attached hydrogens (tertiary/aromatic N) is 2. The fourth-order valence-corrected chi connectivity index (χ4v) is 7.24. The van der Waals surface area contributed by atoms with Crippen LogP contribution in [0, 0.1) is 5.92 Å². The van der Waals surface area contributed by atoms with Gasteiger partial charge in [-0.1, -0.05) is 104 Å². The molecule has 9 heteroatoms. The standard InChI is InChI=1S/C40H43N3O5S/c1-29-38(27-43(2)25-23-35-11-8-9-24-41-35)47-40(48-39(29)32-17-15-30(28-44)16-18-32)33-21-19-31(20-22-33)37-14-7-6-10-34(37)26-42-49(45,46)36-12-4-3-5-13-36/h3-22,24,29,38-40,42,44H,23,25-28H2,1-2H3/t29-,38+,39+,40+/m0/s1. The molecule has 49 heavy (non-hydrogen) atoms. The monoisotopic (exact) mass is 677 g/mol. The van der Waals surface area contributed by atoms with Crippen molar-refractivity contribution in [3.8, 4) is 11.1 Å². The number of likely N-dealkylation sites (N-methyl/N-ethyl adjacent to an activating group) is 1. The lowest BCUT2D eigenvalue weighted by Crippen LogP contribution is -2.43. The molecule has 1 saturated heterocycles. The lowest BCUT2D eigenvalue weighted by atomic mass is 9.90. The molecule has 4 atom stereocenters. The molecule has 1 aromatic heterocycles. The van der Waals surface area contributed by atoms with Crippen LogP contribution in [0.1, 0.15) is 47.3 Å². The highest BCUT2D eigenvalue weighted by molar-refractivity contribution is 7.89. The third-order valence-electron chi connectivity index (χ3n) is 9.11. The topological polar surface area (TPSA) is 101 Å². The summed E-state index contributed by atoms with van der Waals surface area (Å²) in [4.78, 5) is 6.99. The number of hydrogen-bond acceptors (Lipinski definition) is 7. The number of benzene rings is 4. The summed E-state index contributed by atoms with van der Waals surface area (Å²) in [5, 5.41) is 9.60. The molecule has 1 aliphatic heterocycles. The van der Waals surface area contributed by atoms with Gasteiger partial charge in [-0.05, 0) is 59.1 Å². The lowest BCUT2D eigenvalue weighted by molar-refractivity contribution is -0.275. The third-order valence-corrected chi connectivity index (χ3v) is 10.5. The summed E-state index contributed by atoms with van der Waals surface area (Å²) in [5.74, 6) is 0.0688. The maximum absolute atomic E-state index is 12.9. The number of aromatic nitrogens is 1. The predicted octanol–water partition coefficient (Wildman–Crippen LogP) is 6.69. The third kappa shape index (κ3) is 8.69. The minimum Gasteiger partial charge on any atom is -0.392 e. The number of nitrogens with one attached hydrogen (secondary N) is 1. The molecule has 8 nitrogen and oxygen atoms in total. The van der Waals surface area contributed by atoms with Crippen molar-refractivity contribution in [2.24, 2.45) is 5.92 Å². The average Bonchev–Trinajstić information content (AvgIpc) is 3.15. The van der Waals surface area contributed by atoms with Crippen LogP contribution in [-0.4, -0.2) is 49.6 Å². The second-order valence-corrected chi connectivity index (χ2v) is 14.3. The molecule has 0 radical (unpaired) electrons. The van der Waals surface area contributed by atoms with E-state index in [1.54, 1.807) is 30.3 Å². The van der Waals surface area contributed by atoms with Crippen LogP contribution >= 0.6 is 0 Å². The predicted molar refractivity (Wildman–Crippen MR) is 191 cm³/mol. The van der Waals surface area contributed by atoms with E-state index in [9.17, 15) is 13.5 Å². The first-order valence-electron chi connectivity index (χ1n) is 16.6. The SMILES string of the molecule is C[C@H]1[C@@H](CN(C)CCc2ccccn2)O[C@@H](c2ccc(-c3ccccc3CNS(=O)(=O)c3ccccc3)cc2)O[C@H]1c1ccc(CO)cc1. The maximum atomic E-state index is 12.9. The molecule has 0 bridgehead atoms. The van der Waals surface area contributed by atoms with E-state index in [1.165, 1.54) is 0 Å². The van der Waals surface area contributed by atoms with Gasteiger partial charge in [-0.2, -0.15) is 0 Å². The highest BCUT2D eigenvalue weighted by Crippen LogP contribution is 2.42. The first kappa shape index (κ1) is 34.6. The van der Waals surface area contributed by atoms with E-state index < -0.39 is 16.3 Å². The molecule has 0 aliphatic carbocycles. The van der Waals surface area contributed by atoms with E-state index in [0.29, 0.717) is 0 Å². The molecule has 2 heterocycles. The van der Waals surface area contributed by atoms with E-state index in [-0.39, 0.29) is 36.2 Å². The second-order valence-electron chi connectivity index (χ2n) is 12.6. The van der Waals surface area contributed by atoms with Crippen LogP contribution in [0.15, 0.2) is 132 Å². The van der Waals surface area contributed by atoms with E-state index >= 15 is 0 Å². The Morgan fingerprint density at radius 2 is 1.51 bits per heavy atom. The number of rotatable bonds is 13. The molecule has 5 aromatic rings. The molecule has 0 spiro atoms. The molecule has 0 saturated carbocycles. The van der Waals surface area contributed by atoms with E-state index in [1.807, 2.05) is 91.1 Å².